The van der Waals surface area contributed by atoms with E-state index in [4.69, 9.17) is 0 Å². The fourth-order valence-electron chi connectivity index (χ4n) is 3.29. The average molecular weight is 278 g/mol. The predicted molar refractivity (Wildman–Crippen MR) is 72.8 cm³/mol. The Hall–Kier alpha value is -1.39. The summed E-state index contributed by atoms with van der Waals surface area (Å²) in [5, 5.41) is 0. The molecule has 0 aromatic carbocycles. The first-order valence-corrected chi connectivity index (χ1v) is 7.83. The van der Waals surface area contributed by atoms with Gasteiger partial charge in [-0.15, -0.1) is 0 Å². The Morgan fingerprint density at radius 2 is 1.60 bits per heavy atom. The summed E-state index contributed by atoms with van der Waals surface area (Å²) in [6.45, 7) is 0.485. The summed E-state index contributed by atoms with van der Waals surface area (Å²) in [5.74, 6) is 0.0682. The van der Waals surface area contributed by atoms with Crippen LogP contribution in [-0.2, 0) is 9.59 Å². The summed E-state index contributed by atoms with van der Waals surface area (Å²) in [6.07, 6.45) is 8.27. The van der Waals surface area contributed by atoms with Crippen LogP contribution < -0.4 is 0 Å². The van der Waals surface area contributed by atoms with E-state index in [1.807, 2.05) is 0 Å². The van der Waals surface area contributed by atoms with Crippen LogP contribution in [0.25, 0.3) is 0 Å². The second kappa shape index (κ2) is 5.54. The third kappa shape index (κ3) is 2.72. The topological polar surface area (TPSA) is 57.7 Å². The van der Waals surface area contributed by atoms with Crippen LogP contribution in [0.3, 0.4) is 0 Å². The molecule has 1 aliphatic heterocycles. The summed E-state index contributed by atoms with van der Waals surface area (Å²) in [4.78, 5) is 39.2. The summed E-state index contributed by atoms with van der Waals surface area (Å²) >= 11 is 0. The number of nitrogens with zero attached hydrogens (tertiary/aromatic N) is 2. The number of amides is 4. The smallest absolute Gasteiger partial charge is 0.274 e. The molecule has 1 saturated heterocycles. The van der Waals surface area contributed by atoms with Gasteiger partial charge in [-0.2, -0.15) is 0 Å². The van der Waals surface area contributed by atoms with E-state index in [0.29, 0.717) is 12.5 Å². The van der Waals surface area contributed by atoms with Crippen LogP contribution in [0.5, 0.6) is 0 Å². The van der Waals surface area contributed by atoms with Crippen molar-refractivity contribution in [1.29, 1.82) is 0 Å². The molecule has 5 nitrogen and oxygen atoms in total. The molecule has 0 aromatic heterocycles. The molecule has 20 heavy (non-hydrogen) atoms. The molecule has 2 saturated carbocycles. The zero-order valence-corrected chi connectivity index (χ0v) is 11.8. The molecule has 0 bridgehead atoms. The number of hydrogen-bond donors (Lipinski definition) is 0. The highest BCUT2D eigenvalue weighted by Crippen LogP contribution is 2.33. The Kier molecular flexibility index (Phi) is 3.76. The quantitative estimate of drug-likeness (QED) is 0.741. The fourth-order valence-corrected chi connectivity index (χ4v) is 3.29. The molecule has 0 atom stereocenters. The van der Waals surface area contributed by atoms with Crippen molar-refractivity contribution in [3.63, 3.8) is 0 Å². The molecule has 2 aliphatic carbocycles. The largest absolute Gasteiger partial charge is 0.333 e. The van der Waals surface area contributed by atoms with Gasteiger partial charge in [0.05, 0.1) is 0 Å². The van der Waals surface area contributed by atoms with Gasteiger partial charge in [-0.1, -0.05) is 32.1 Å². The Labute approximate surface area is 119 Å². The van der Waals surface area contributed by atoms with Gasteiger partial charge in [0.25, 0.3) is 0 Å². The maximum Gasteiger partial charge on any atom is 0.333 e. The van der Waals surface area contributed by atoms with Gasteiger partial charge >= 0.3 is 6.03 Å². The van der Waals surface area contributed by atoms with Crippen LogP contribution in [0.1, 0.15) is 57.8 Å². The zero-order valence-electron chi connectivity index (χ0n) is 11.8. The Bertz CT molecular complexity index is 425. The average Bonchev–Trinajstić information content (AvgIpc) is 3.23. The lowest BCUT2D eigenvalue weighted by Gasteiger charge is -2.39. The SMILES string of the molecule is O=C1CC(=O)N(C2CCCCC2)C(=O)N1CCC1CC1. The Morgan fingerprint density at radius 1 is 0.900 bits per heavy atom. The van der Waals surface area contributed by atoms with Crippen LogP contribution in [0, 0.1) is 5.92 Å². The van der Waals surface area contributed by atoms with Gasteiger partial charge in [-0.3, -0.25) is 19.4 Å². The van der Waals surface area contributed by atoms with E-state index in [-0.39, 0.29) is 30.3 Å². The number of hydrogen-bond acceptors (Lipinski definition) is 3. The molecule has 3 fully saturated rings. The van der Waals surface area contributed by atoms with Crippen molar-refractivity contribution in [3.05, 3.63) is 0 Å². The molecule has 110 valence electrons. The molecule has 5 heteroatoms. The van der Waals surface area contributed by atoms with E-state index in [0.717, 1.165) is 32.1 Å². The molecule has 0 N–H and O–H groups in total. The summed E-state index contributed by atoms with van der Waals surface area (Å²) < 4.78 is 0. The van der Waals surface area contributed by atoms with Gasteiger partial charge in [0.1, 0.15) is 6.42 Å². The van der Waals surface area contributed by atoms with Crippen molar-refractivity contribution >= 4 is 17.8 Å². The second-order valence-corrected chi connectivity index (χ2v) is 6.29. The Morgan fingerprint density at radius 3 is 2.25 bits per heavy atom. The first-order valence-electron chi connectivity index (χ1n) is 7.83. The number of urea groups is 1. The van der Waals surface area contributed by atoms with Crippen LogP contribution in [0.15, 0.2) is 0 Å². The Balaban J connectivity index is 1.69. The highest BCUT2D eigenvalue weighted by molar-refractivity contribution is 6.14. The van der Waals surface area contributed by atoms with Crippen molar-refractivity contribution in [3.8, 4) is 0 Å². The predicted octanol–water partition coefficient (Wildman–Crippen LogP) is 2.30. The van der Waals surface area contributed by atoms with Crippen LogP contribution >= 0.6 is 0 Å². The molecule has 3 aliphatic rings. The van der Waals surface area contributed by atoms with Crippen LogP contribution in [0.2, 0.25) is 0 Å². The molecule has 0 aromatic rings. The standard InChI is InChI=1S/C15H22N2O3/c18-13-10-14(19)17(12-4-2-1-3-5-12)15(20)16(13)9-8-11-6-7-11/h11-12H,1-10H2. The van der Waals surface area contributed by atoms with Gasteiger partial charge in [0.15, 0.2) is 0 Å². The molecule has 1 heterocycles. The lowest BCUT2D eigenvalue weighted by Crippen LogP contribution is -2.58. The normalized spacial score (nSPS) is 25.5. The number of carbonyl (C=O) groups excluding carboxylic acids is 3. The van der Waals surface area contributed by atoms with E-state index in [1.54, 1.807) is 0 Å². The van der Waals surface area contributed by atoms with E-state index >= 15 is 0 Å². The third-order valence-corrected chi connectivity index (χ3v) is 4.71. The summed E-state index contributed by atoms with van der Waals surface area (Å²) in [7, 11) is 0. The van der Waals surface area contributed by atoms with Crippen molar-refractivity contribution in [2.24, 2.45) is 5.92 Å². The number of imide groups is 2. The monoisotopic (exact) mass is 278 g/mol. The lowest BCUT2D eigenvalue weighted by atomic mass is 9.93. The molecule has 0 spiro atoms. The first-order chi connectivity index (χ1) is 9.66. The zero-order chi connectivity index (χ0) is 14.1. The molecule has 0 radical (unpaired) electrons. The van der Waals surface area contributed by atoms with Gasteiger partial charge in [0, 0.05) is 12.6 Å². The first kappa shape index (κ1) is 13.6. The van der Waals surface area contributed by atoms with Crippen molar-refractivity contribution in [1.82, 2.24) is 9.80 Å². The van der Waals surface area contributed by atoms with Gasteiger partial charge in [-0.05, 0) is 25.2 Å². The van der Waals surface area contributed by atoms with Crippen molar-refractivity contribution < 1.29 is 14.4 Å². The second-order valence-electron chi connectivity index (χ2n) is 6.29. The van der Waals surface area contributed by atoms with E-state index in [9.17, 15) is 14.4 Å². The maximum absolute atomic E-state index is 12.5. The minimum atomic E-state index is -0.362. The van der Waals surface area contributed by atoms with Gasteiger partial charge in [0.2, 0.25) is 11.8 Å². The fraction of sp³-hybridized carbons (Fsp3) is 0.800. The van der Waals surface area contributed by atoms with E-state index < -0.39 is 0 Å². The van der Waals surface area contributed by atoms with Crippen molar-refractivity contribution in [2.75, 3.05) is 6.54 Å². The van der Waals surface area contributed by atoms with Crippen LogP contribution in [-0.4, -0.2) is 40.2 Å². The van der Waals surface area contributed by atoms with E-state index in [2.05, 4.69) is 0 Å². The number of rotatable bonds is 4. The molecule has 4 amide bonds. The van der Waals surface area contributed by atoms with Crippen LogP contribution in [0.4, 0.5) is 4.79 Å². The summed E-state index contributed by atoms with van der Waals surface area (Å²) in [5.41, 5.74) is 0. The molecular weight excluding hydrogens is 256 g/mol. The highest BCUT2D eigenvalue weighted by atomic mass is 16.2. The summed E-state index contributed by atoms with van der Waals surface area (Å²) in [6, 6.07) is -0.348. The number of carbonyl (C=O) groups is 3. The molecule has 0 unspecified atom stereocenters. The minimum absolute atomic E-state index is 0.0141. The van der Waals surface area contributed by atoms with Crippen molar-refractivity contribution in [2.45, 2.75) is 63.8 Å². The highest BCUT2D eigenvalue weighted by Gasteiger charge is 2.41. The molecule has 3 rings (SSSR count). The van der Waals surface area contributed by atoms with E-state index in [1.165, 1.54) is 29.1 Å². The third-order valence-electron chi connectivity index (χ3n) is 4.71. The van der Waals surface area contributed by atoms with Gasteiger partial charge < -0.3 is 0 Å². The maximum atomic E-state index is 12.5. The minimum Gasteiger partial charge on any atom is -0.274 e. The van der Waals surface area contributed by atoms with Gasteiger partial charge in [-0.25, -0.2) is 4.79 Å². The number of barbiturate groups is 1. The lowest BCUT2D eigenvalue weighted by molar-refractivity contribution is -0.144. The molecular formula is C15H22N2O3.